The minimum Gasteiger partial charge on any atom is -0.507 e. The van der Waals surface area contributed by atoms with Crippen LogP contribution in [0.3, 0.4) is 0 Å². The van der Waals surface area contributed by atoms with Crippen LogP contribution < -0.4 is 0 Å². The van der Waals surface area contributed by atoms with E-state index in [1.165, 1.54) is 0 Å². The van der Waals surface area contributed by atoms with Crippen molar-refractivity contribution < 1.29 is 9.52 Å². The summed E-state index contributed by atoms with van der Waals surface area (Å²) < 4.78 is 7.50. The van der Waals surface area contributed by atoms with Crippen molar-refractivity contribution in [1.82, 2.24) is 9.55 Å². The number of benzene rings is 1. The Hall–Kier alpha value is -2.23. The van der Waals surface area contributed by atoms with Crippen molar-refractivity contribution >= 4 is 11.0 Å². The van der Waals surface area contributed by atoms with Crippen LogP contribution in [0.15, 0.2) is 41.1 Å². The summed E-state index contributed by atoms with van der Waals surface area (Å²) in [5, 5.41) is 10.4. The monoisotopic (exact) mass is 214 g/mol. The smallest absolute Gasteiger partial charge is 0.175 e. The molecule has 0 unspecified atom stereocenters. The van der Waals surface area contributed by atoms with Crippen LogP contribution >= 0.6 is 0 Å². The quantitative estimate of drug-likeness (QED) is 0.677. The Morgan fingerprint density at radius 3 is 2.94 bits per heavy atom. The zero-order chi connectivity index (χ0) is 11.1. The molecular formula is C12H10N2O2. The minimum absolute atomic E-state index is 0.224. The predicted octanol–water partition coefficient (Wildman–Crippen LogP) is 2.54. The third-order valence-corrected chi connectivity index (χ3v) is 2.58. The molecule has 0 spiro atoms. The number of nitrogens with zero attached hydrogens (tertiary/aromatic N) is 2. The molecule has 16 heavy (non-hydrogen) atoms. The van der Waals surface area contributed by atoms with Crippen molar-refractivity contribution in [3.05, 3.63) is 36.7 Å². The summed E-state index contributed by atoms with van der Waals surface area (Å²) in [7, 11) is 1.90. The Kier molecular flexibility index (Phi) is 1.77. The van der Waals surface area contributed by atoms with Gasteiger partial charge in [0.25, 0.3) is 0 Å². The van der Waals surface area contributed by atoms with Gasteiger partial charge in [-0.25, -0.2) is 4.98 Å². The number of fused-ring (bicyclic) bond motifs is 1. The van der Waals surface area contributed by atoms with E-state index in [2.05, 4.69) is 4.98 Å². The SMILES string of the molecule is Cn1ccnc1-c1cc2c(O)cccc2o1. The number of aryl methyl sites for hydroxylation is 1. The Balaban J connectivity index is 2.27. The number of imidazole rings is 1. The second-order valence-electron chi connectivity index (χ2n) is 3.66. The van der Waals surface area contributed by atoms with Crippen molar-refractivity contribution in [2.24, 2.45) is 7.05 Å². The highest BCUT2D eigenvalue weighted by molar-refractivity contribution is 5.87. The first-order valence-electron chi connectivity index (χ1n) is 4.95. The molecule has 2 heterocycles. The van der Waals surface area contributed by atoms with E-state index in [0.717, 1.165) is 5.82 Å². The maximum Gasteiger partial charge on any atom is 0.175 e. The van der Waals surface area contributed by atoms with Gasteiger partial charge in [-0.15, -0.1) is 0 Å². The summed E-state index contributed by atoms with van der Waals surface area (Å²) >= 11 is 0. The van der Waals surface area contributed by atoms with E-state index >= 15 is 0 Å². The molecule has 80 valence electrons. The lowest BCUT2D eigenvalue weighted by atomic mass is 10.2. The lowest BCUT2D eigenvalue weighted by molar-refractivity contribution is 0.481. The molecule has 3 rings (SSSR count). The van der Waals surface area contributed by atoms with Crippen molar-refractivity contribution in [3.63, 3.8) is 0 Å². The standard InChI is InChI=1S/C12H10N2O2/c1-14-6-5-13-12(14)11-7-8-9(15)3-2-4-10(8)16-11/h2-7,15H,1H3. The van der Waals surface area contributed by atoms with Crippen LogP contribution in [0.5, 0.6) is 5.75 Å². The zero-order valence-electron chi connectivity index (χ0n) is 8.71. The molecule has 0 amide bonds. The average molecular weight is 214 g/mol. The molecule has 1 aromatic carbocycles. The van der Waals surface area contributed by atoms with E-state index in [-0.39, 0.29) is 5.75 Å². The number of aromatic hydroxyl groups is 1. The number of phenols is 1. The predicted molar refractivity (Wildman–Crippen MR) is 60.1 cm³/mol. The molecular weight excluding hydrogens is 204 g/mol. The first-order chi connectivity index (χ1) is 7.75. The van der Waals surface area contributed by atoms with Gasteiger partial charge in [0.05, 0.1) is 5.39 Å². The van der Waals surface area contributed by atoms with Gasteiger partial charge in [0.1, 0.15) is 11.3 Å². The van der Waals surface area contributed by atoms with E-state index < -0.39 is 0 Å². The van der Waals surface area contributed by atoms with Gasteiger partial charge in [-0.05, 0) is 18.2 Å². The first-order valence-corrected chi connectivity index (χ1v) is 4.95. The van der Waals surface area contributed by atoms with Crippen molar-refractivity contribution in [2.75, 3.05) is 0 Å². The number of phenolic OH excluding ortho intramolecular Hbond substituents is 1. The summed E-state index contributed by atoms with van der Waals surface area (Å²) in [4.78, 5) is 4.20. The summed E-state index contributed by atoms with van der Waals surface area (Å²) in [6.45, 7) is 0. The van der Waals surface area contributed by atoms with Gasteiger partial charge >= 0.3 is 0 Å². The molecule has 0 aliphatic rings. The fraction of sp³-hybridized carbons (Fsp3) is 0.0833. The van der Waals surface area contributed by atoms with Crippen LogP contribution in [0.1, 0.15) is 0 Å². The third-order valence-electron chi connectivity index (χ3n) is 2.58. The maximum atomic E-state index is 9.66. The van der Waals surface area contributed by atoms with Crippen LogP contribution in [0, 0.1) is 0 Å². The van der Waals surface area contributed by atoms with E-state index in [1.807, 2.05) is 23.9 Å². The van der Waals surface area contributed by atoms with Gasteiger partial charge in [0, 0.05) is 19.4 Å². The van der Waals surface area contributed by atoms with Crippen LogP contribution in [-0.2, 0) is 7.05 Å². The Morgan fingerprint density at radius 1 is 1.38 bits per heavy atom. The second kappa shape index (κ2) is 3.13. The van der Waals surface area contributed by atoms with Crippen molar-refractivity contribution in [2.45, 2.75) is 0 Å². The Morgan fingerprint density at radius 2 is 2.25 bits per heavy atom. The van der Waals surface area contributed by atoms with Gasteiger partial charge in [-0.1, -0.05) is 6.07 Å². The number of rotatable bonds is 1. The molecule has 4 heteroatoms. The highest BCUT2D eigenvalue weighted by Crippen LogP contribution is 2.31. The number of furan rings is 1. The fourth-order valence-corrected chi connectivity index (χ4v) is 1.76. The molecule has 2 aromatic heterocycles. The molecule has 0 fully saturated rings. The summed E-state index contributed by atoms with van der Waals surface area (Å²) in [6, 6.07) is 7.01. The van der Waals surface area contributed by atoms with E-state index in [4.69, 9.17) is 4.42 Å². The average Bonchev–Trinajstić information content (AvgIpc) is 2.84. The van der Waals surface area contributed by atoms with Gasteiger partial charge in [-0.3, -0.25) is 0 Å². The van der Waals surface area contributed by atoms with Gasteiger partial charge in [-0.2, -0.15) is 0 Å². The summed E-state index contributed by atoms with van der Waals surface area (Å²) in [6.07, 6.45) is 3.56. The largest absolute Gasteiger partial charge is 0.507 e. The number of aromatic nitrogens is 2. The van der Waals surface area contributed by atoms with E-state index in [1.54, 1.807) is 24.4 Å². The van der Waals surface area contributed by atoms with Crippen LogP contribution in [-0.4, -0.2) is 14.7 Å². The highest BCUT2D eigenvalue weighted by atomic mass is 16.3. The van der Waals surface area contributed by atoms with E-state index in [0.29, 0.717) is 16.7 Å². The molecule has 1 N–H and O–H groups in total. The molecule has 0 atom stereocenters. The Bertz CT molecular complexity index is 652. The number of hydrogen-bond acceptors (Lipinski definition) is 3. The van der Waals surface area contributed by atoms with Crippen molar-refractivity contribution in [3.8, 4) is 17.3 Å². The van der Waals surface area contributed by atoms with Crippen LogP contribution in [0.25, 0.3) is 22.6 Å². The minimum atomic E-state index is 0.224. The summed E-state index contributed by atoms with van der Waals surface area (Å²) in [5.74, 6) is 1.63. The molecule has 3 aromatic rings. The molecule has 4 nitrogen and oxygen atoms in total. The molecule has 0 aliphatic heterocycles. The second-order valence-corrected chi connectivity index (χ2v) is 3.66. The van der Waals surface area contributed by atoms with Crippen molar-refractivity contribution in [1.29, 1.82) is 0 Å². The van der Waals surface area contributed by atoms with Crippen LogP contribution in [0.2, 0.25) is 0 Å². The summed E-state index contributed by atoms with van der Waals surface area (Å²) in [5.41, 5.74) is 0.665. The Labute approximate surface area is 91.8 Å². The van der Waals surface area contributed by atoms with E-state index in [9.17, 15) is 5.11 Å². The topological polar surface area (TPSA) is 51.2 Å². The lowest BCUT2D eigenvalue weighted by Gasteiger charge is -1.95. The zero-order valence-corrected chi connectivity index (χ0v) is 8.71. The number of hydrogen-bond donors (Lipinski definition) is 1. The first kappa shape index (κ1) is 9.03. The highest BCUT2D eigenvalue weighted by Gasteiger charge is 2.11. The third kappa shape index (κ3) is 1.20. The molecule has 0 saturated heterocycles. The molecule has 0 radical (unpaired) electrons. The van der Waals surface area contributed by atoms with Crippen LogP contribution in [0.4, 0.5) is 0 Å². The molecule has 0 bridgehead atoms. The lowest BCUT2D eigenvalue weighted by Crippen LogP contribution is -1.88. The molecule has 0 saturated carbocycles. The molecule has 0 aliphatic carbocycles. The fourth-order valence-electron chi connectivity index (χ4n) is 1.76. The van der Waals surface area contributed by atoms with Gasteiger partial charge < -0.3 is 14.1 Å². The maximum absolute atomic E-state index is 9.66. The van der Waals surface area contributed by atoms with Gasteiger partial charge in [0.15, 0.2) is 11.6 Å². The van der Waals surface area contributed by atoms with Gasteiger partial charge in [0.2, 0.25) is 0 Å². The normalized spacial score (nSPS) is 11.1.